The molecule has 0 aliphatic carbocycles. The number of rotatable bonds is 6. The Hall–Kier alpha value is -4.72. The van der Waals surface area contributed by atoms with E-state index in [-0.39, 0.29) is 5.91 Å². The molecule has 0 atom stereocenters. The van der Waals surface area contributed by atoms with Crippen molar-refractivity contribution in [1.29, 1.82) is 0 Å². The fourth-order valence-corrected chi connectivity index (χ4v) is 3.64. The molecule has 0 unspecified atom stereocenters. The summed E-state index contributed by atoms with van der Waals surface area (Å²) in [5.41, 5.74) is 4.39. The van der Waals surface area contributed by atoms with Crippen LogP contribution in [0.1, 0.15) is 16.1 Å². The van der Waals surface area contributed by atoms with E-state index in [1.165, 1.54) is 0 Å². The number of anilines is 2. The average molecular weight is 451 g/mol. The standard InChI is InChI=1S/C26H22N6O2/c1-16-14-18(30-24(33)22-15-17-6-3-4-8-20(17)31-22)9-10-23(16)34-25-19(7-5-12-28-25)21-11-13-29-26(27-2)32-21/h3-15,31H,1-2H3,(H,30,33)(H,27,29,32). The van der Waals surface area contributed by atoms with Gasteiger partial charge in [0.2, 0.25) is 11.8 Å². The molecular formula is C26H22N6O2. The van der Waals surface area contributed by atoms with Gasteiger partial charge in [0, 0.05) is 36.0 Å². The highest BCUT2D eigenvalue weighted by atomic mass is 16.5. The molecule has 0 fully saturated rings. The molecule has 168 valence electrons. The molecule has 2 aromatic carbocycles. The molecule has 0 aliphatic rings. The Morgan fingerprint density at radius 3 is 2.68 bits per heavy atom. The van der Waals surface area contributed by atoms with E-state index in [0.717, 1.165) is 22.0 Å². The number of H-pyrrole nitrogens is 1. The van der Waals surface area contributed by atoms with Crippen LogP contribution < -0.4 is 15.4 Å². The van der Waals surface area contributed by atoms with Crippen molar-refractivity contribution in [3.8, 4) is 22.9 Å². The number of amides is 1. The van der Waals surface area contributed by atoms with Gasteiger partial charge < -0.3 is 20.4 Å². The third-order valence-corrected chi connectivity index (χ3v) is 5.34. The first kappa shape index (κ1) is 21.1. The third kappa shape index (κ3) is 4.29. The molecule has 0 bridgehead atoms. The van der Waals surface area contributed by atoms with E-state index < -0.39 is 0 Å². The molecule has 5 rings (SSSR count). The Bertz CT molecular complexity index is 1460. The lowest BCUT2D eigenvalue weighted by Crippen LogP contribution is -2.12. The molecule has 0 aliphatic heterocycles. The molecule has 8 nitrogen and oxygen atoms in total. The summed E-state index contributed by atoms with van der Waals surface area (Å²) in [6.07, 6.45) is 3.35. The molecule has 34 heavy (non-hydrogen) atoms. The number of aromatic amines is 1. The van der Waals surface area contributed by atoms with E-state index in [9.17, 15) is 4.79 Å². The molecule has 5 aromatic rings. The second-order valence-corrected chi connectivity index (χ2v) is 7.68. The third-order valence-electron chi connectivity index (χ3n) is 5.34. The lowest BCUT2D eigenvalue weighted by Gasteiger charge is -2.13. The summed E-state index contributed by atoms with van der Waals surface area (Å²) in [6, 6.07) is 20.6. The van der Waals surface area contributed by atoms with Crippen molar-refractivity contribution < 1.29 is 9.53 Å². The Morgan fingerprint density at radius 1 is 0.971 bits per heavy atom. The van der Waals surface area contributed by atoms with Crippen molar-refractivity contribution in [2.45, 2.75) is 6.92 Å². The van der Waals surface area contributed by atoms with Crippen molar-refractivity contribution in [3.63, 3.8) is 0 Å². The van der Waals surface area contributed by atoms with Crippen molar-refractivity contribution in [2.24, 2.45) is 0 Å². The number of carbonyl (C=O) groups is 1. The number of pyridine rings is 1. The van der Waals surface area contributed by atoms with Crippen LogP contribution in [-0.2, 0) is 0 Å². The van der Waals surface area contributed by atoms with E-state index in [1.807, 2.05) is 61.5 Å². The van der Waals surface area contributed by atoms with Gasteiger partial charge in [0.15, 0.2) is 0 Å². The Morgan fingerprint density at radius 2 is 1.85 bits per heavy atom. The fraction of sp³-hybridized carbons (Fsp3) is 0.0769. The molecule has 3 aromatic heterocycles. The predicted molar refractivity (Wildman–Crippen MR) is 132 cm³/mol. The van der Waals surface area contributed by atoms with Crippen molar-refractivity contribution in [2.75, 3.05) is 17.7 Å². The van der Waals surface area contributed by atoms with Crippen molar-refractivity contribution in [3.05, 3.63) is 90.4 Å². The van der Waals surface area contributed by atoms with Crippen molar-refractivity contribution in [1.82, 2.24) is 19.9 Å². The number of nitrogens with one attached hydrogen (secondary N) is 3. The number of benzene rings is 2. The molecule has 3 heterocycles. The highest BCUT2D eigenvalue weighted by Gasteiger charge is 2.14. The maximum Gasteiger partial charge on any atom is 0.272 e. The second-order valence-electron chi connectivity index (χ2n) is 7.68. The molecule has 3 N–H and O–H groups in total. The number of ether oxygens (including phenoxy) is 1. The van der Waals surface area contributed by atoms with E-state index in [1.54, 1.807) is 31.6 Å². The van der Waals surface area contributed by atoms with Crippen LogP contribution in [0.4, 0.5) is 11.6 Å². The average Bonchev–Trinajstić information content (AvgIpc) is 3.31. The number of hydrogen-bond acceptors (Lipinski definition) is 6. The molecule has 1 amide bonds. The summed E-state index contributed by atoms with van der Waals surface area (Å²) < 4.78 is 6.14. The van der Waals surface area contributed by atoms with Crippen LogP contribution in [0.15, 0.2) is 79.1 Å². The molecule has 8 heteroatoms. The minimum Gasteiger partial charge on any atom is -0.438 e. The smallest absolute Gasteiger partial charge is 0.272 e. The largest absolute Gasteiger partial charge is 0.438 e. The Labute approximate surface area is 196 Å². The molecular weight excluding hydrogens is 428 g/mol. The normalized spacial score (nSPS) is 10.8. The summed E-state index contributed by atoms with van der Waals surface area (Å²) in [5.74, 6) is 1.37. The number of para-hydroxylation sites is 1. The van der Waals surface area contributed by atoms with Gasteiger partial charge in [0.05, 0.1) is 11.3 Å². The molecule has 0 saturated carbocycles. The quantitative estimate of drug-likeness (QED) is 0.319. The summed E-state index contributed by atoms with van der Waals surface area (Å²) in [5, 5.41) is 6.86. The molecule has 0 spiro atoms. The lowest BCUT2D eigenvalue weighted by atomic mass is 10.1. The Kier molecular flexibility index (Phi) is 5.61. The first-order valence-electron chi connectivity index (χ1n) is 10.7. The molecule has 0 saturated heterocycles. The van der Waals surface area contributed by atoms with Gasteiger partial charge in [-0.1, -0.05) is 18.2 Å². The zero-order valence-electron chi connectivity index (χ0n) is 18.7. The van der Waals surface area contributed by atoms with Crippen molar-refractivity contribution >= 4 is 28.4 Å². The second kappa shape index (κ2) is 9.03. The maximum absolute atomic E-state index is 12.7. The van der Waals surface area contributed by atoms with E-state index in [4.69, 9.17) is 4.74 Å². The van der Waals surface area contributed by atoms with E-state index in [0.29, 0.717) is 34.7 Å². The van der Waals surface area contributed by atoms with Gasteiger partial charge in [-0.3, -0.25) is 4.79 Å². The topological polar surface area (TPSA) is 105 Å². The first-order valence-corrected chi connectivity index (χ1v) is 10.7. The predicted octanol–water partition coefficient (Wildman–Crippen LogP) is 5.41. The SMILES string of the molecule is CNc1nccc(-c2cccnc2Oc2ccc(NC(=O)c3cc4ccccc4[nH]3)cc2C)n1. The minimum absolute atomic E-state index is 0.208. The maximum atomic E-state index is 12.7. The monoisotopic (exact) mass is 450 g/mol. The highest BCUT2D eigenvalue weighted by molar-refractivity contribution is 6.06. The van der Waals surface area contributed by atoms with Crippen LogP contribution >= 0.6 is 0 Å². The summed E-state index contributed by atoms with van der Waals surface area (Å²) >= 11 is 0. The van der Waals surface area contributed by atoms with Gasteiger partial charge in [0.1, 0.15) is 11.4 Å². The van der Waals surface area contributed by atoms with Gasteiger partial charge in [0.25, 0.3) is 5.91 Å². The fourth-order valence-electron chi connectivity index (χ4n) is 3.64. The van der Waals surface area contributed by atoms with Crippen LogP contribution in [0.3, 0.4) is 0 Å². The van der Waals surface area contributed by atoms with Crippen LogP contribution in [0.25, 0.3) is 22.2 Å². The Balaban J connectivity index is 1.36. The van der Waals surface area contributed by atoms with Gasteiger partial charge >= 0.3 is 0 Å². The van der Waals surface area contributed by atoms with E-state index in [2.05, 4.69) is 30.6 Å². The van der Waals surface area contributed by atoms with Gasteiger partial charge in [-0.2, -0.15) is 0 Å². The van der Waals surface area contributed by atoms with Crippen LogP contribution in [-0.4, -0.2) is 32.9 Å². The number of carbonyl (C=O) groups excluding carboxylic acids is 1. The zero-order valence-corrected chi connectivity index (χ0v) is 18.7. The van der Waals surface area contributed by atoms with Gasteiger partial charge in [-0.25, -0.2) is 15.0 Å². The molecule has 0 radical (unpaired) electrons. The summed E-state index contributed by atoms with van der Waals surface area (Å²) in [7, 11) is 1.77. The first-order chi connectivity index (χ1) is 16.6. The van der Waals surface area contributed by atoms with Crippen LogP contribution in [0, 0.1) is 6.92 Å². The number of aromatic nitrogens is 4. The minimum atomic E-state index is -0.208. The van der Waals surface area contributed by atoms with Gasteiger partial charge in [-0.15, -0.1) is 0 Å². The van der Waals surface area contributed by atoms with Gasteiger partial charge in [-0.05, 0) is 61.0 Å². The van der Waals surface area contributed by atoms with E-state index >= 15 is 0 Å². The zero-order chi connectivity index (χ0) is 23.5. The summed E-state index contributed by atoms with van der Waals surface area (Å²) in [6.45, 7) is 1.92. The highest BCUT2D eigenvalue weighted by Crippen LogP contribution is 2.33. The number of nitrogens with zero attached hydrogens (tertiary/aromatic N) is 3. The number of fused-ring (bicyclic) bond motifs is 1. The van der Waals surface area contributed by atoms with Crippen LogP contribution in [0.2, 0.25) is 0 Å². The lowest BCUT2D eigenvalue weighted by molar-refractivity contribution is 0.102. The summed E-state index contributed by atoms with van der Waals surface area (Å²) in [4.78, 5) is 28.9. The number of hydrogen-bond donors (Lipinski definition) is 3. The van der Waals surface area contributed by atoms with Crippen LogP contribution in [0.5, 0.6) is 11.6 Å². The number of aryl methyl sites for hydroxylation is 1.